The molecule has 1 heterocycles. The van der Waals surface area contributed by atoms with E-state index >= 15 is 0 Å². The second-order valence-electron chi connectivity index (χ2n) is 5.29. The van der Waals surface area contributed by atoms with E-state index < -0.39 is 0 Å². The van der Waals surface area contributed by atoms with Gasteiger partial charge >= 0.3 is 0 Å². The average molecular weight is 262 g/mol. The van der Waals surface area contributed by atoms with Crippen molar-refractivity contribution in [2.75, 3.05) is 19.0 Å². The van der Waals surface area contributed by atoms with Gasteiger partial charge in [-0.15, -0.1) is 0 Å². The van der Waals surface area contributed by atoms with Crippen LogP contribution in [0.25, 0.3) is 10.9 Å². The van der Waals surface area contributed by atoms with Gasteiger partial charge in [0.1, 0.15) is 5.82 Å². The summed E-state index contributed by atoms with van der Waals surface area (Å²) in [5.41, 5.74) is 2.29. The second kappa shape index (κ2) is 5.13. The first kappa shape index (κ1) is 13.7. The molecule has 0 aliphatic rings. The Morgan fingerprint density at radius 2 is 2.05 bits per heavy atom. The summed E-state index contributed by atoms with van der Waals surface area (Å²) < 4.78 is 18.8. The van der Waals surface area contributed by atoms with Crippen LogP contribution >= 0.6 is 0 Å². The largest absolute Gasteiger partial charge is 0.382 e. The Bertz CT molecular complexity index is 596. The zero-order valence-corrected chi connectivity index (χ0v) is 11.7. The minimum absolute atomic E-state index is 0.257. The smallest absolute Gasteiger partial charge is 0.124 e. The maximum Gasteiger partial charge on any atom is 0.124 e. The number of hydrogen-bond acceptors (Lipinski definition) is 3. The summed E-state index contributed by atoms with van der Waals surface area (Å²) in [4.78, 5) is 4.40. The van der Waals surface area contributed by atoms with E-state index in [0.29, 0.717) is 6.54 Å². The molecule has 1 aromatic carbocycles. The molecule has 0 saturated carbocycles. The third-order valence-corrected chi connectivity index (χ3v) is 3.16. The van der Waals surface area contributed by atoms with E-state index in [1.54, 1.807) is 13.2 Å². The topological polar surface area (TPSA) is 34.1 Å². The molecule has 3 nitrogen and oxygen atoms in total. The number of anilines is 1. The highest BCUT2D eigenvalue weighted by molar-refractivity contribution is 5.91. The quantitative estimate of drug-likeness (QED) is 0.915. The highest BCUT2D eigenvalue weighted by atomic mass is 19.1. The maximum atomic E-state index is 13.4. The van der Waals surface area contributed by atoms with Crippen LogP contribution in [0.5, 0.6) is 0 Å². The minimum atomic E-state index is -0.281. The van der Waals surface area contributed by atoms with Crippen LogP contribution < -0.4 is 5.32 Å². The number of methoxy groups -OCH3 is 1. The molecule has 0 atom stereocenters. The Labute approximate surface area is 112 Å². The van der Waals surface area contributed by atoms with Crippen molar-refractivity contribution in [3.05, 3.63) is 35.8 Å². The van der Waals surface area contributed by atoms with E-state index in [1.807, 2.05) is 26.8 Å². The van der Waals surface area contributed by atoms with Crippen molar-refractivity contribution >= 4 is 16.6 Å². The lowest BCUT2D eigenvalue weighted by Gasteiger charge is -2.24. The molecular formula is C15H19FN2O. The molecule has 2 aromatic rings. The summed E-state index contributed by atoms with van der Waals surface area (Å²) >= 11 is 0. The highest BCUT2D eigenvalue weighted by Crippen LogP contribution is 2.24. The van der Waals surface area contributed by atoms with Crippen molar-refractivity contribution in [3.8, 4) is 0 Å². The van der Waals surface area contributed by atoms with Gasteiger partial charge in [-0.1, -0.05) is 0 Å². The molecule has 0 saturated heterocycles. The number of rotatable bonds is 4. The molecule has 102 valence electrons. The van der Waals surface area contributed by atoms with Crippen molar-refractivity contribution in [1.29, 1.82) is 0 Å². The number of fused-ring (bicyclic) bond motifs is 1. The van der Waals surface area contributed by atoms with Gasteiger partial charge in [-0.3, -0.25) is 4.98 Å². The average Bonchev–Trinajstić information content (AvgIpc) is 2.36. The number of aromatic nitrogens is 1. The van der Waals surface area contributed by atoms with E-state index in [0.717, 1.165) is 22.3 Å². The minimum Gasteiger partial charge on any atom is -0.382 e. The number of aryl methyl sites for hydroxylation is 1. The zero-order valence-electron chi connectivity index (χ0n) is 11.7. The van der Waals surface area contributed by atoms with Gasteiger partial charge in [0.05, 0.1) is 11.1 Å². The molecule has 0 radical (unpaired) electrons. The van der Waals surface area contributed by atoms with Crippen LogP contribution in [0.1, 0.15) is 19.5 Å². The van der Waals surface area contributed by atoms with Gasteiger partial charge in [0, 0.05) is 30.4 Å². The zero-order chi connectivity index (χ0) is 14.0. The first-order valence-corrected chi connectivity index (χ1v) is 6.27. The number of benzene rings is 1. The lowest BCUT2D eigenvalue weighted by Crippen LogP contribution is -2.32. The van der Waals surface area contributed by atoms with Crippen molar-refractivity contribution in [1.82, 2.24) is 4.98 Å². The number of pyridine rings is 1. The first-order valence-electron chi connectivity index (χ1n) is 6.27. The number of halogens is 1. The normalized spacial score (nSPS) is 11.8. The number of nitrogens with zero attached hydrogens (tertiary/aromatic N) is 1. The Kier molecular flexibility index (Phi) is 3.71. The molecule has 0 bridgehead atoms. The summed E-state index contributed by atoms with van der Waals surface area (Å²) in [7, 11) is 1.68. The van der Waals surface area contributed by atoms with Gasteiger partial charge in [0.15, 0.2) is 0 Å². The van der Waals surface area contributed by atoms with Gasteiger partial charge in [0.2, 0.25) is 0 Å². The van der Waals surface area contributed by atoms with Crippen LogP contribution in [0, 0.1) is 12.7 Å². The summed E-state index contributed by atoms with van der Waals surface area (Å²) in [5.74, 6) is -0.257. The predicted molar refractivity (Wildman–Crippen MR) is 76.0 cm³/mol. The molecule has 0 amide bonds. The summed E-state index contributed by atoms with van der Waals surface area (Å²) in [5, 5.41) is 4.10. The molecule has 2 rings (SSSR count). The van der Waals surface area contributed by atoms with Gasteiger partial charge in [-0.25, -0.2) is 4.39 Å². The van der Waals surface area contributed by atoms with Gasteiger partial charge in [-0.2, -0.15) is 0 Å². The molecule has 1 aromatic heterocycles. The van der Waals surface area contributed by atoms with Crippen molar-refractivity contribution in [3.63, 3.8) is 0 Å². The molecule has 0 fully saturated rings. The van der Waals surface area contributed by atoms with Gasteiger partial charge in [-0.05, 0) is 45.0 Å². The molecule has 1 N–H and O–H groups in total. The molecule has 0 spiro atoms. The van der Waals surface area contributed by atoms with E-state index in [4.69, 9.17) is 4.74 Å². The fourth-order valence-corrected chi connectivity index (χ4v) is 1.86. The Morgan fingerprint density at radius 3 is 2.74 bits per heavy atom. The Balaban J connectivity index is 2.38. The van der Waals surface area contributed by atoms with Crippen LogP contribution in [-0.2, 0) is 4.74 Å². The highest BCUT2D eigenvalue weighted by Gasteiger charge is 2.16. The van der Waals surface area contributed by atoms with Gasteiger partial charge < -0.3 is 10.1 Å². The van der Waals surface area contributed by atoms with Crippen LogP contribution in [-0.4, -0.2) is 24.2 Å². The van der Waals surface area contributed by atoms with Crippen LogP contribution in [0.15, 0.2) is 24.3 Å². The lowest BCUT2D eigenvalue weighted by atomic mass is 10.1. The fraction of sp³-hybridized carbons (Fsp3) is 0.400. The van der Waals surface area contributed by atoms with Crippen LogP contribution in [0.4, 0.5) is 10.1 Å². The molecule has 0 unspecified atom stereocenters. The molecule has 0 aliphatic carbocycles. The van der Waals surface area contributed by atoms with Crippen molar-refractivity contribution in [2.24, 2.45) is 0 Å². The van der Waals surface area contributed by atoms with Crippen LogP contribution in [0.3, 0.4) is 0 Å². The Morgan fingerprint density at radius 1 is 1.32 bits per heavy atom. The lowest BCUT2D eigenvalue weighted by molar-refractivity contribution is 0.0344. The standard InChI is InChI=1S/C15H19FN2O/c1-10-7-14(17-9-15(2,3)19-4)12-8-11(16)5-6-13(12)18-10/h5-8H,9H2,1-4H3,(H,17,18). The van der Waals surface area contributed by atoms with Crippen LogP contribution in [0.2, 0.25) is 0 Å². The molecule has 4 heteroatoms. The number of hydrogen-bond donors (Lipinski definition) is 1. The van der Waals surface area contributed by atoms with E-state index in [-0.39, 0.29) is 11.4 Å². The van der Waals surface area contributed by atoms with E-state index in [2.05, 4.69) is 10.3 Å². The number of nitrogens with one attached hydrogen (secondary N) is 1. The summed E-state index contributed by atoms with van der Waals surface area (Å²) in [6.45, 7) is 6.56. The predicted octanol–water partition coefficient (Wildman–Crippen LogP) is 3.52. The van der Waals surface area contributed by atoms with Crippen molar-refractivity contribution < 1.29 is 9.13 Å². The third-order valence-electron chi connectivity index (χ3n) is 3.16. The summed E-state index contributed by atoms with van der Waals surface area (Å²) in [6, 6.07) is 6.55. The molecule has 0 aliphatic heterocycles. The van der Waals surface area contributed by atoms with E-state index in [9.17, 15) is 4.39 Å². The molecular weight excluding hydrogens is 243 g/mol. The SMILES string of the molecule is COC(C)(C)CNc1cc(C)nc2ccc(F)cc12. The fourth-order valence-electron chi connectivity index (χ4n) is 1.86. The third kappa shape index (κ3) is 3.20. The second-order valence-corrected chi connectivity index (χ2v) is 5.29. The monoisotopic (exact) mass is 262 g/mol. The number of ether oxygens (including phenoxy) is 1. The van der Waals surface area contributed by atoms with Gasteiger partial charge in [0.25, 0.3) is 0 Å². The maximum absolute atomic E-state index is 13.4. The van der Waals surface area contributed by atoms with Crippen molar-refractivity contribution in [2.45, 2.75) is 26.4 Å². The first-order chi connectivity index (χ1) is 8.91. The Hall–Kier alpha value is -1.68. The summed E-state index contributed by atoms with van der Waals surface area (Å²) in [6.07, 6.45) is 0. The molecule has 19 heavy (non-hydrogen) atoms. The van der Waals surface area contributed by atoms with E-state index in [1.165, 1.54) is 12.1 Å².